The van der Waals surface area contributed by atoms with Gasteiger partial charge in [-0.3, -0.25) is 0 Å². The third-order valence-corrected chi connectivity index (χ3v) is 6.27. The molecular weight excluding hydrogens is 326 g/mol. The summed E-state index contributed by atoms with van der Waals surface area (Å²) in [6, 6.07) is 11.3. The van der Waals surface area contributed by atoms with Crippen molar-refractivity contribution in [3.63, 3.8) is 0 Å². The van der Waals surface area contributed by atoms with E-state index in [1.54, 1.807) is 6.08 Å². The van der Waals surface area contributed by atoms with Crippen LogP contribution in [0.2, 0.25) is 4.34 Å². The van der Waals surface area contributed by atoms with Crippen molar-refractivity contribution in [2.24, 2.45) is 0 Å². The molecule has 0 bridgehead atoms. The highest BCUT2D eigenvalue weighted by molar-refractivity contribution is 7.92. The zero-order chi connectivity index (χ0) is 14.9. The largest absolute Gasteiger partial charge is 0.236 e. The summed E-state index contributed by atoms with van der Waals surface area (Å²) in [6.07, 6.45) is 2.36. The highest BCUT2D eigenvalue weighted by atomic mass is 35.5. The Morgan fingerprint density at radius 3 is 2.76 bits per heavy atom. The second-order valence-corrected chi connectivity index (χ2v) is 8.43. The third kappa shape index (κ3) is 3.37. The van der Waals surface area contributed by atoms with Crippen LogP contribution in [0, 0.1) is 0 Å². The average Bonchev–Trinajstić information content (AvgIpc) is 2.85. The van der Waals surface area contributed by atoms with E-state index >= 15 is 0 Å². The molecule has 3 nitrogen and oxygen atoms in total. The molecule has 21 heavy (non-hydrogen) atoms. The minimum absolute atomic E-state index is 0.403. The van der Waals surface area contributed by atoms with Crippen molar-refractivity contribution in [1.82, 2.24) is 4.31 Å². The molecule has 1 aliphatic rings. The van der Waals surface area contributed by atoms with Gasteiger partial charge in [0.15, 0.2) is 0 Å². The van der Waals surface area contributed by atoms with Crippen molar-refractivity contribution in [3.05, 3.63) is 62.1 Å². The lowest BCUT2D eigenvalue weighted by Gasteiger charge is -2.24. The molecule has 0 fully saturated rings. The van der Waals surface area contributed by atoms with Crippen molar-refractivity contribution >= 4 is 39.0 Å². The van der Waals surface area contributed by atoms with Gasteiger partial charge in [-0.15, -0.1) is 11.3 Å². The summed E-state index contributed by atoms with van der Waals surface area (Å²) >= 11 is 7.53. The van der Waals surface area contributed by atoms with Crippen LogP contribution in [0.3, 0.4) is 0 Å². The molecule has 2 heterocycles. The van der Waals surface area contributed by atoms with Crippen LogP contribution < -0.4 is 0 Å². The van der Waals surface area contributed by atoms with Gasteiger partial charge in [-0.1, -0.05) is 41.9 Å². The molecule has 6 heteroatoms. The lowest BCUT2D eigenvalue weighted by molar-refractivity contribution is 0.400. The fourth-order valence-electron chi connectivity index (χ4n) is 2.30. The van der Waals surface area contributed by atoms with Crippen LogP contribution in [0.15, 0.2) is 41.8 Å². The fraction of sp³-hybridized carbons (Fsp3) is 0.200. The van der Waals surface area contributed by atoms with E-state index in [2.05, 4.69) is 0 Å². The number of fused-ring (bicyclic) bond motifs is 1. The van der Waals surface area contributed by atoms with Gasteiger partial charge in [0.2, 0.25) is 10.0 Å². The molecule has 0 spiro atoms. The van der Waals surface area contributed by atoms with Crippen molar-refractivity contribution in [1.29, 1.82) is 0 Å². The molecule has 3 rings (SSSR count). The van der Waals surface area contributed by atoms with Crippen molar-refractivity contribution in [2.75, 3.05) is 6.54 Å². The second-order valence-electron chi connectivity index (χ2n) is 4.84. The summed E-state index contributed by atoms with van der Waals surface area (Å²) in [4.78, 5) is 1.19. The number of hydrogen-bond acceptors (Lipinski definition) is 3. The van der Waals surface area contributed by atoms with E-state index in [0.29, 0.717) is 13.1 Å². The summed E-state index contributed by atoms with van der Waals surface area (Å²) in [7, 11) is -3.40. The van der Waals surface area contributed by atoms with Crippen LogP contribution in [0.5, 0.6) is 0 Å². The maximum Gasteiger partial charge on any atom is 0.236 e. The molecule has 0 amide bonds. The van der Waals surface area contributed by atoms with Gasteiger partial charge in [0.1, 0.15) is 0 Å². The number of sulfonamides is 1. The standard InChI is InChI=1S/C15H14ClNO2S2/c16-15-10-13-11-17(8-6-14(13)20-15)21(18,19)9-7-12-4-2-1-3-5-12/h1-5,7,9-10H,6,8,11H2/b9-7+. The SMILES string of the molecule is O=S(=O)(/C=C/c1ccccc1)N1CCc2sc(Cl)cc2C1. The van der Waals surface area contributed by atoms with Gasteiger partial charge in [0.05, 0.1) is 4.34 Å². The molecule has 0 atom stereocenters. The van der Waals surface area contributed by atoms with E-state index in [1.165, 1.54) is 25.9 Å². The normalized spacial score (nSPS) is 16.2. The predicted molar refractivity (Wildman–Crippen MR) is 87.8 cm³/mol. The predicted octanol–water partition coefficient (Wildman–Crippen LogP) is 3.76. The van der Waals surface area contributed by atoms with E-state index in [0.717, 1.165) is 21.9 Å². The lowest BCUT2D eigenvalue weighted by Crippen LogP contribution is -2.33. The Balaban J connectivity index is 1.79. The summed E-state index contributed by atoms with van der Waals surface area (Å²) < 4.78 is 27.0. The lowest BCUT2D eigenvalue weighted by atomic mass is 10.1. The van der Waals surface area contributed by atoms with Crippen LogP contribution in [0.4, 0.5) is 0 Å². The van der Waals surface area contributed by atoms with E-state index in [-0.39, 0.29) is 0 Å². The highest BCUT2D eigenvalue weighted by Gasteiger charge is 2.26. The Morgan fingerprint density at radius 1 is 1.24 bits per heavy atom. The minimum atomic E-state index is -3.40. The molecule has 0 aliphatic carbocycles. The average molecular weight is 340 g/mol. The van der Waals surface area contributed by atoms with Gasteiger partial charge in [0.25, 0.3) is 0 Å². The highest BCUT2D eigenvalue weighted by Crippen LogP contribution is 2.32. The Kier molecular flexibility index (Phi) is 4.17. The summed E-state index contributed by atoms with van der Waals surface area (Å²) in [5.74, 6) is 0. The minimum Gasteiger partial charge on any atom is -0.207 e. The number of hydrogen-bond donors (Lipinski definition) is 0. The van der Waals surface area contributed by atoms with Crippen molar-refractivity contribution in [3.8, 4) is 0 Å². The number of nitrogens with zero attached hydrogens (tertiary/aromatic N) is 1. The van der Waals surface area contributed by atoms with Gasteiger partial charge >= 0.3 is 0 Å². The molecular formula is C15H14ClNO2S2. The first kappa shape index (κ1) is 14.8. The molecule has 0 radical (unpaired) electrons. The van der Waals surface area contributed by atoms with Crippen molar-refractivity contribution < 1.29 is 8.42 Å². The molecule has 0 saturated carbocycles. The van der Waals surface area contributed by atoms with Crippen LogP contribution in [-0.2, 0) is 23.0 Å². The number of thiophene rings is 1. The first-order valence-electron chi connectivity index (χ1n) is 6.55. The van der Waals surface area contributed by atoms with E-state index in [1.807, 2.05) is 36.4 Å². The van der Waals surface area contributed by atoms with Crippen LogP contribution in [-0.4, -0.2) is 19.3 Å². The fourth-order valence-corrected chi connectivity index (χ4v) is 4.76. The number of rotatable bonds is 3. The quantitative estimate of drug-likeness (QED) is 0.853. The Hall–Kier alpha value is -1.14. The molecule has 0 N–H and O–H groups in total. The van der Waals surface area contributed by atoms with Crippen LogP contribution in [0.25, 0.3) is 6.08 Å². The van der Waals surface area contributed by atoms with Gasteiger partial charge in [0, 0.05) is 23.4 Å². The van der Waals surface area contributed by atoms with Gasteiger partial charge in [-0.05, 0) is 29.7 Å². The Morgan fingerprint density at radius 2 is 2.00 bits per heavy atom. The molecule has 1 aliphatic heterocycles. The molecule has 1 aromatic heterocycles. The maximum absolute atomic E-state index is 12.4. The molecule has 0 saturated heterocycles. The summed E-state index contributed by atoms with van der Waals surface area (Å²) in [5.41, 5.74) is 1.89. The van der Waals surface area contributed by atoms with Crippen LogP contribution in [0.1, 0.15) is 16.0 Å². The molecule has 2 aromatic rings. The van der Waals surface area contributed by atoms with E-state index in [4.69, 9.17) is 11.6 Å². The van der Waals surface area contributed by atoms with E-state index < -0.39 is 10.0 Å². The van der Waals surface area contributed by atoms with Gasteiger partial charge in [-0.2, -0.15) is 4.31 Å². The first-order chi connectivity index (χ1) is 10.0. The van der Waals surface area contributed by atoms with Gasteiger partial charge < -0.3 is 0 Å². The summed E-state index contributed by atoms with van der Waals surface area (Å²) in [5, 5.41) is 1.28. The van der Waals surface area contributed by atoms with E-state index in [9.17, 15) is 8.42 Å². The molecule has 110 valence electrons. The molecule has 0 unspecified atom stereocenters. The summed E-state index contributed by atoms with van der Waals surface area (Å²) in [6.45, 7) is 0.908. The second kappa shape index (κ2) is 5.93. The third-order valence-electron chi connectivity index (χ3n) is 3.39. The smallest absolute Gasteiger partial charge is 0.207 e. The molecule has 1 aromatic carbocycles. The monoisotopic (exact) mass is 339 g/mol. The number of halogens is 1. The topological polar surface area (TPSA) is 37.4 Å². The number of benzene rings is 1. The maximum atomic E-state index is 12.4. The zero-order valence-corrected chi connectivity index (χ0v) is 13.6. The van der Waals surface area contributed by atoms with Gasteiger partial charge in [-0.25, -0.2) is 8.42 Å². The first-order valence-corrected chi connectivity index (χ1v) is 9.25. The zero-order valence-electron chi connectivity index (χ0n) is 11.2. The van der Waals surface area contributed by atoms with Crippen LogP contribution >= 0.6 is 22.9 Å². The van der Waals surface area contributed by atoms with Crippen molar-refractivity contribution in [2.45, 2.75) is 13.0 Å². The Labute approximate surface area is 133 Å². The Bertz CT molecular complexity index is 766.